The van der Waals surface area contributed by atoms with Gasteiger partial charge in [-0.1, -0.05) is 23.5 Å². The van der Waals surface area contributed by atoms with Gasteiger partial charge in [-0.25, -0.2) is 0 Å². The number of aromatic nitrogens is 2. The Kier molecular flexibility index (Phi) is 6.75. The molecule has 0 saturated heterocycles. The molecule has 1 heterocycles. The molecule has 0 aliphatic carbocycles. The summed E-state index contributed by atoms with van der Waals surface area (Å²) in [6.07, 6.45) is 0.561. The number of nitrogens with zero attached hydrogens (tertiary/aromatic N) is 2. The van der Waals surface area contributed by atoms with Crippen molar-refractivity contribution in [3.63, 3.8) is 0 Å². The van der Waals surface area contributed by atoms with E-state index in [2.05, 4.69) is 15.5 Å². The van der Waals surface area contributed by atoms with Gasteiger partial charge < -0.3 is 19.9 Å². The molecule has 0 saturated carbocycles. The normalized spacial score (nSPS) is 10.4. The number of hydrogen-bond acceptors (Lipinski definition) is 7. The molecule has 2 N–H and O–H groups in total. The van der Waals surface area contributed by atoms with Crippen LogP contribution in [-0.4, -0.2) is 34.3 Å². The van der Waals surface area contributed by atoms with Gasteiger partial charge in [-0.05, 0) is 48.4 Å². The van der Waals surface area contributed by atoms with Crippen molar-refractivity contribution in [2.75, 3.05) is 12.4 Å². The highest BCUT2D eigenvalue weighted by atomic mass is 32.1. The van der Waals surface area contributed by atoms with Crippen LogP contribution >= 0.6 is 11.3 Å². The Morgan fingerprint density at radius 3 is 2.38 bits per heavy atom. The van der Waals surface area contributed by atoms with Crippen LogP contribution in [0.1, 0.15) is 26.8 Å². The lowest BCUT2D eigenvalue weighted by atomic mass is 10.1. The van der Waals surface area contributed by atoms with Crippen molar-refractivity contribution >= 4 is 28.9 Å². The van der Waals surface area contributed by atoms with Crippen molar-refractivity contribution < 1.29 is 24.2 Å². The van der Waals surface area contributed by atoms with E-state index >= 15 is 0 Å². The Morgan fingerprint density at radius 1 is 1.03 bits per heavy atom. The van der Waals surface area contributed by atoms with E-state index in [4.69, 9.17) is 14.6 Å². The van der Waals surface area contributed by atoms with Gasteiger partial charge in [0.15, 0.2) is 5.01 Å². The van der Waals surface area contributed by atoms with Gasteiger partial charge in [0, 0.05) is 12.1 Å². The van der Waals surface area contributed by atoms with Gasteiger partial charge in [0.25, 0.3) is 5.91 Å². The number of nitrogens with one attached hydrogen (secondary N) is 1. The molecule has 0 bridgehead atoms. The summed E-state index contributed by atoms with van der Waals surface area (Å²) >= 11 is 1.15. The second-order valence-electron chi connectivity index (χ2n) is 6.01. The molecule has 0 unspecified atom stereocenters. The van der Waals surface area contributed by atoms with Crippen LogP contribution in [0.2, 0.25) is 0 Å². The van der Waals surface area contributed by atoms with Crippen LogP contribution < -0.4 is 14.8 Å². The maximum atomic E-state index is 12.3. The molecule has 1 aromatic heterocycles. The second kappa shape index (κ2) is 9.65. The van der Waals surface area contributed by atoms with Crippen molar-refractivity contribution in [3.05, 3.63) is 64.1 Å². The van der Waals surface area contributed by atoms with Crippen LogP contribution in [0.15, 0.2) is 48.5 Å². The second-order valence-corrected chi connectivity index (χ2v) is 7.07. The summed E-state index contributed by atoms with van der Waals surface area (Å²) in [6.45, 7) is 0.182. The summed E-state index contributed by atoms with van der Waals surface area (Å²) in [7, 11) is 1.58. The number of carboxylic acids is 1. The van der Waals surface area contributed by atoms with Gasteiger partial charge >= 0.3 is 5.97 Å². The van der Waals surface area contributed by atoms with Crippen LogP contribution in [0.25, 0.3) is 0 Å². The van der Waals surface area contributed by atoms with E-state index in [0.717, 1.165) is 16.9 Å². The van der Waals surface area contributed by atoms with Crippen LogP contribution in [0.4, 0.5) is 5.69 Å². The molecule has 9 heteroatoms. The van der Waals surface area contributed by atoms with E-state index in [1.165, 1.54) is 0 Å². The minimum Gasteiger partial charge on any atom is -0.497 e. The average molecular weight is 413 g/mol. The zero-order valence-electron chi connectivity index (χ0n) is 15.6. The molecular weight excluding hydrogens is 394 g/mol. The first-order valence-electron chi connectivity index (χ1n) is 8.75. The lowest BCUT2D eigenvalue weighted by molar-refractivity contribution is -0.136. The quantitative estimate of drug-likeness (QED) is 0.553. The predicted octanol–water partition coefficient (Wildman–Crippen LogP) is 3.40. The van der Waals surface area contributed by atoms with E-state index in [1.807, 2.05) is 12.1 Å². The predicted molar refractivity (Wildman–Crippen MR) is 108 cm³/mol. The third kappa shape index (κ3) is 6.01. The van der Waals surface area contributed by atoms with Gasteiger partial charge in [0.05, 0.1) is 7.11 Å². The number of aliphatic carboxylic acids is 1. The Hall–Kier alpha value is -3.46. The molecule has 0 aliphatic heterocycles. The van der Waals surface area contributed by atoms with Gasteiger partial charge in [0.2, 0.25) is 5.01 Å². The van der Waals surface area contributed by atoms with Crippen molar-refractivity contribution in [3.8, 4) is 11.5 Å². The average Bonchev–Trinajstić information content (AvgIpc) is 3.21. The maximum Gasteiger partial charge on any atom is 0.303 e. The van der Waals surface area contributed by atoms with Gasteiger partial charge in [-0.15, -0.1) is 10.2 Å². The number of methoxy groups -OCH3 is 1. The number of carboxylic acid groups (broad SMARTS) is 1. The van der Waals surface area contributed by atoms with E-state index in [1.54, 1.807) is 43.5 Å². The lowest BCUT2D eigenvalue weighted by Crippen LogP contribution is -2.11. The number of rotatable bonds is 9. The van der Waals surface area contributed by atoms with E-state index in [-0.39, 0.29) is 23.9 Å². The summed E-state index contributed by atoms with van der Waals surface area (Å²) in [5.74, 6) is 0.159. The van der Waals surface area contributed by atoms with Gasteiger partial charge in [0.1, 0.15) is 18.1 Å². The van der Waals surface area contributed by atoms with E-state index in [0.29, 0.717) is 28.6 Å². The molecule has 0 radical (unpaired) electrons. The first-order chi connectivity index (χ1) is 14.0. The van der Waals surface area contributed by atoms with E-state index < -0.39 is 5.97 Å². The number of anilines is 1. The summed E-state index contributed by atoms with van der Waals surface area (Å²) in [6, 6.07) is 14.2. The molecule has 1 amide bonds. The third-order valence-corrected chi connectivity index (χ3v) is 4.82. The molecule has 3 rings (SSSR count). The highest BCUT2D eigenvalue weighted by molar-refractivity contribution is 7.13. The van der Waals surface area contributed by atoms with Crippen molar-refractivity contribution in [2.45, 2.75) is 19.4 Å². The fraction of sp³-hybridized carbons (Fsp3) is 0.200. The minimum atomic E-state index is -0.826. The molecular formula is C20H19N3O5S. The first-order valence-corrected chi connectivity index (χ1v) is 9.56. The Morgan fingerprint density at radius 2 is 1.72 bits per heavy atom. The summed E-state index contributed by atoms with van der Waals surface area (Å²) in [5, 5.41) is 20.2. The number of carbonyl (C=O) groups excluding carboxylic acids is 1. The van der Waals surface area contributed by atoms with Crippen molar-refractivity contribution in [2.24, 2.45) is 0 Å². The number of amides is 1. The largest absolute Gasteiger partial charge is 0.497 e. The zero-order valence-corrected chi connectivity index (χ0v) is 16.4. The Bertz CT molecular complexity index is 971. The van der Waals surface area contributed by atoms with Crippen molar-refractivity contribution in [1.82, 2.24) is 10.2 Å². The van der Waals surface area contributed by atoms with E-state index in [9.17, 15) is 9.59 Å². The standard InChI is InChI=1S/C20H19N3O5S/c1-27-15-9-5-14(6-10-15)21-19(26)20-23-22-17(29-20)12-28-16-7-2-13(3-8-16)4-11-18(24)25/h2-3,5-10H,4,11-12H2,1H3,(H,21,26)(H,24,25). The fourth-order valence-corrected chi connectivity index (χ4v) is 3.06. The maximum absolute atomic E-state index is 12.3. The summed E-state index contributed by atoms with van der Waals surface area (Å²) < 4.78 is 10.7. The fourth-order valence-electron chi connectivity index (χ4n) is 2.41. The topological polar surface area (TPSA) is 111 Å². The highest BCUT2D eigenvalue weighted by Gasteiger charge is 2.13. The molecule has 0 spiro atoms. The number of hydrogen-bond donors (Lipinski definition) is 2. The van der Waals surface area contributed by atoms with Gasteiger partial charge in [-0.2, -0.15) is 0 Å². The number of benzene rings is 2. The number of carbonyl (C=O) groups is 2. The Labute approximate surface area is 171 Å². The minimum absolute atomic E-state index is 0.0896. The Balaban J connectivity index is 1.51. The monoisotopic (exact) mass is 413 g/mol. The summed E-state index contributed by atoms with van der Waals surface area (Å²) in [4.78, 5) is 22.9. The smallest absolute Gasteiger partial charge is 0.303 e. The van der Waals surface area contributed by atoms with Crippen LogP contribution in [0, 0.1) is 0 Å². The molecule has 150 valence electrons. The molecule has 0 aliphatic rings. The first kappa shape index (κ1) is 20.3. The number of ether oxygens (including phenoxy) is 2. The third-order valence-electron chi connectivity index (χ3n) is 3.92. The van der Waals surface area contributed by atoms with Crippen molar-refractivity contribution in [1.29, 1.82) is 0 Å². The van der Waals surface area contributed by atoms with Crippen LogP contribution in [-0.2, 0) is 17.8 Å². The molecule has 2 aromatic carbocycles. The molecule has 0 atom stereocenters. The molecule has 0 fully saturated rings. The molecule has 3 aromatic rings. The lowest BCUT2D eigenvalue weighted by Gasteiger charge is -2.05. The highest BCUT2D eigenvalue weighted by Crippen LogP contribution is 2.19. The zero-order chi connectivity index (χ0) is 20.6. The van der Waals surface area contributed by atoms with Gasteiger partial charge in [-0.3, -0.25) is 9.59 Å². The SMILES string of the molecule is COc1ccc(NC(=O)c2nnc(COc3ccc(CCC(=O)O)cc3)s2)cc1. The summed E-state index contributed by atoms with van der Waals surface area (Å²) in [5.41, 5.74) is 1.56. The number of aryl methyl sites for hydroxylation is 1. The van der Waals surface area contributed by atoms with Crippen LogP contribution in [0.3, 0.4) is 0 Å². The van der Waals surface area contributed by atoms with Crippen LogP contribution in [0.5, 0.6) is 11.5 Å². The molecule has 8 nitrogen and oxygen atoms in total. The molecule has 29 heavy (non-hydrogen) atoms.